The van der Waals surface area contributed by atoms with Gasteiger partial charge in [-0.05, 0) is 51.9 Å². The number of aliphatic hydroxyl groups is 1. The van der Waals surface area contributed by atoms with Crippen LogP contribution in [-0.4, -0.2) is 18.8 Å². The SMILES string of the molecule is COc1c(Br)cc(C(C)(C)CO)cc1C1CCCC1. The molecular weight excluding hydrogens is 304 g/mol. The minimum Gasteiger partial charge on any atom is -0.495 e. The summed E-state index contributed by atoms with van der Waals surface area (Å²) < 4.78 is 6.58. The first-order chi connectivity index (χ1) is 8.99. The van der Waals surface area contributed by atoms with Crippen LogP contribution in [0.15, 0.2) is 16.6 Å². The van der Waals surface area contributed by atoms with E-state index in [2.05, 4.69) is 41.9 Å². The molecule has 0 aromatic heterocycles. The van der Waals surface area contributed by atoms with Crippen LogP contribution in [0.3, 0.4) is 0 Å². The number of rotatable bonds is 4. The Bertz CT molecular complexity index is 448. The number of hydrogen-bond acceptors (Lipinski definition) is 2. The zero-order chi connectivity index (χ0) is 14.0. The average Bonchev–Trinajstić information content (AvgIpc) is 2.91. The van der Waals surface area contributed by atoms with Gasteiger partial charge in [-0.2, -0.15) is 0 Å². The fourth-order valence-corrected chi connectivity index (χ4v) is 3.49. The van der Waals surface area contributed by atoms with E-state index in [1.807, 2.05) is 0 Å². The summed E-state index contributed by atoms with van der Waals surface area (Å²) >= 11 is 3.62. The van der Waals surface area contributed by atoms with Crippen LogP contribution >= 0.6 is 15.9 Å². The van der Waals surface area contributed by atoms with Gasteiger partial charge in [-0.15, -0.1) is 0 Å². The van der Waals surface area contributed by atoms with Gasteiger partial charge in [-0.3, -0.25) is 0 Å². The third kappa shape index (κ3) is 2.97. The maximum absolute atomic E-state index is 9.57. The number of methoxy groups -OCH3 is 1. The Morgan fingerprint density at radius 2 is 1.95 bits per heavy atom. The molecule has 0 saturated heterocycles. The van der Waals surface area contributed by atoms with Crippen LogP contribution in [-0.2, 0) is 5.41 Å². The Morgan fingerprint density at radius 3 is 2.47 bits per heavy atom. The summed E-state index contributed by atoms with van der Waals surface area (Å²) in [6.45, 7) is 4.29. The highest BCUT2D eigenvalue weighted by Gasteiger charge is 2.27. The molecule has 1 N–H and O–H groups in total. The fraction of sp³-hybridized carbons (Fsp3) is 0.625. The first-order valence-corrected chi connectivity index (χ1v) is 7.77. The summed E-state index contributed by atoms with van der Waals surface area (Å²) in [5.41, 5.74) is 2.25. The molecule has 0 bridgehead atoms. The van der Waals surface area contributed by atoms with Crippen LogP contribution in [0.1, 0.15) is 56.6 Å². The third-order valence-corrected chi connectivity index (χ3v) is 4.84. The number of aliphatic hydroxyl groups excluding tert-OH is 1. The molecule has 106 valence electrons. The second-order valence-corrected chi connectivity index (χ2v) is 6.96. The van der Waals surface area contributed by atoms with Crippen molar-refractivity contribution in [3.63, 3.8) is 0 Å². The predicted molar refractivity (Wildman–Crippen MR) is 82.0 cm³/mol. The van der Waals surface area contributed by atoms with E-state index in [0.29, 0.717) is 5.92 Å². The van der Waals surface area contributed by atoms with Gasteiger partial charge in [0.1, 0.15) is 5.75 Å². The molecule has 0 aliphatic heterocycles. The molecule has 0 amide bonds. The fourth-order valence-electron chi connectivity index (χ4n) is 2.85. The summed E-state index contributed by atoms with van der Waals surface area (Å²) in [7, 11) is 1.73. The quantitative estimate of drug-likeness (QED) is 0.889. The molecule has 19 heavy (non-hydrogen) atoms. The Morgan fingerprint density at radius 1 is 1.32 bits per heavy atom. The zero-order valence-corrected chi connectivity index (χ0v) is 13.6. The van der Waals surface area contributed by atoms with Gasteiger partial charge in [-0.1, -0.05) is 32.8 Å². The normalized spacial score (nSPS) is 16.9. The highest BCUT2D eigenvalue weighted by Crippen LogP contribution is 2.44. The summed E-state index contributed by atoms with van der Waals surface area (Å²) in [5, 5.41) is 9.57. The molecule has 0 radical (unpaired) electrons. The van der Waals surface area contributed by atoms with Gasteiger partial charge in [0.05, 0.1) is 18.2 Å². The predicted octanol–water partition coefficient (Wildman–Crippen LogP) is 4.39. The largest absolute Gasteiger partial charge is 0.495 e. The van der Waals surface area contributed by atoms with Gasteiger partial charge in [0, 0.05) is 5.41 Å². The van der Waals surface area contributed by atoms with Crippen molar-refractivity contribution >= 4 is 15.9 Å². The number of ether oxygens (including phenoxy) is 1. The van der Waals surface area contributed by atoms with Crippen molar-refractivity contribution in [1.29, 1.82) is 0 Å². The van der Waals surface area contributed by atoms with E-state index in [-0.39, 0.29) is 12.0 Å². The monoisotopic (exact) mass is 326 g/mol. The molecule has 1 aromatic rings. The maximum atomic E-state index is 9.57. The lowest BCUT2D eigenvalue weighted by Gasteiger charge is -2.26. The van der Waals surface area contributed by atoms with E-state index in [9.17, 15) is 5.11 Å². The van der Waals surface area contributed by atoms with Crippen molar-refractivity contribution in [3.05, 3.63) is 27.7 Å². The van der Waals surface area contributed by atoms with Crippen LogP contribution < -0.4 is 4.74 Å². The van der Waals surface area contributed by atoms with E-state index < -0.39 is 0 Å². The van der Waals surface area contributed by atoms with Gasteiger partial charge in [0.25, 0.3) is 0 Å². The summed E-state index contributed by atoms with van der Waals surface area (Å²) in [6.07, 6.45) is 5.09. The topological polar surface area (TPSA) is 29.5 Å². The number of halogens is 1. The molecule has 1 aromatic carbocycles. The maximum Gasteiger partial charge on any atom is 0.136 e. The van der Waals surface area contributed by atoms with E-state index >= 15 is 0 Å². The van der Waals surface area contributed by atoms with E-state index in [1.165, 1.54) is 36.8 Å². The van der Waals surface area contributed by atoms with Crippen LogP contribution in [0.2, 0.25) is 0 Å². The van der Waals surface area contributed by atoms with Crippen molar-refractivity contribution in [2.24, 2.45) is 0 Å². The van der Waals surface area contributed by atoms with E-state index in [1.54, 1.807) is 7.11 Å². The molecule has 3 heteroatoms. The second-order valence-electron chi connectivity index (χ2n) is 6.10. The molecule has 0 spiro atoms. The van der Waals surface area contributed by atoms with Crippen molar-refractivity contribution in [1.82, 2.24) is 0 Å². The molecule has 1 fully saturated rings. The molecule has 0 atom stereocenters. The lowest BCUT2D eigenvalue weighted by atomic mass is 9.83. The summed E-state index contributed by atoms with van der Waals surface area (Å²) in [6, 6.07) is 4.31. The first-order valence-electron chi connectivity index (χ1n) is 6.98. The Kier molecular flexibility index (Phi) is 4.57. The van der Waals surface area contributed by atoms with Crippen LogP contribution in [0, 0.1) is 0 Å². The van der Waals surface area contributed by atoms with Crippen LogP contribution in [0.4, 0.5) is 0 Å². The van der Waals surface area contributed by atoms with Crippen molar-refractivity contribution in [3.8, 4) is 5.75 Å². The summed E-state index contributed by atoms with van der Waals surface area (Å²) in [4.78, 5) is 0. The lowest BCUT2D eigenvalue weighted by molar-refractivity contribution is 0.218. The highest BCUT2D eigenvalue weighted by atomic mass is 79.9. The van der Waals surface area contributed by atoms with Gasteiger partial charge in [0.15, 0.2) is 0 Å². The zero-order valence-electron chi connectivity index (χ0n) is 12.0. The molecule has 0 unspecified atom stereocenters. The molecule has 0 heterocycles. The van der Waals surface area contributed by atoms with Crippen molar-refractivity contribution in [2.45, 2.75) is 50.9 Å². The smallest absolute Gasteiger partial charge is 0.136 e. The van der Waals surface area contributed by atoms with Gasteiger partial charge < -0.3 is 9.84 Å². The minimum absolute atomic E-state index is 0.149. The molecule has 1 aliphatic carbocycles. The minimum atomic E-state index is -0.220. The van der Waals surface area contributed by atoms with Crippen molar-refractivity contribution in [2.75, 3.05) is 13.7 Å². The highest BCUT2D eigenvalue weighted by molar-refractivity contribution is 9.10. The van der Waals surface area contributed by atoms with Crippen LogP contribution in [0.25, 0.3) is 0 Å². The lowest BCUT2D eigenvalue weighted by Crippen LogP contribution is -2.22. The van der Waals surface area contributed by atoms with Gasteiger partial charge >= 0.3 is 0 Å². The molecule has 2 rings (SSSR count). The Balaban J connectivity index is 2.49. The van der Waals surface area contributed by atoms with Crippen LogP contribution in [0.5, 0.6) is 5.75 Å². The van der Waals surface area contributed by atoms with Gasteiger partial charge in [-0.25, -0.2) is 0 Å². The second kappa shape index (κ2) is 5.84. The standard InChI is InChI=1S/C16H23BrO2/c1-16(2,10-18)12-8-13(11-6-4-5-7-11)15(19-3)14(17)9-12/h8-9,11,18H,4-7,10H2,1-3H3. The first kappa shape index (κ1) is 14.9. The van der Waals surface area contributed by atoms with Gasteiger partial charge in [0.2, 0.25) is 0 Å². The molecular formula is C16H23BrO2. The third-order valence-electron chi connectivity index (χ3n) is 4.25. The van der Waals surface area contributed by atoms with E-state index in [0.717, 1.165) is 10.2 Å². The van der Waals surface area contributed by atoms with E-state index in [4.69, 9.17) is 4.74 Å². The number of benzene rings is 1. The molecule has 1 saturated carbocycles. The van der Waals surface area contributed by atoms with Crippen molar-refractivity contribution < 1.29 is 9.84 Å². The average molecular weight is 327 g/mol. The summed E-state index contributed by atoms with van der Waals surface area (Å²) in [5.74, 6) is 1.56. The Hall–Kier alpha value is -0.540. The Labute approximate surface area is 124 Å². The molecule has 1 aliphatic rings. The number of hydrogen-bond donors (Lipinski definition) is 1. The molecule has 2 nitrogen and oxygen atoms in total.